The van der Waals surface area contributed by atoms with Crippen molar-refractivity contribution in [1.82, 2.24) is 15.1 Å². The highest BCUT2D eigenvalue weighted by atomic mass is 16.3. The summed E-state index contributed by atoms with van der Waals surface area (Å²) in [6, 6.07) is 16.1. The van der Waals surface area contributed by atoms with Crippen LogP contribution >= 0.6 is 0 Å². The number of para-hydroxylation sites is 1. The summed E-state index contributed by atoms with van der Waals surface area (Å²) >= 11 is 0. The Labute approximate surface area is 164 Å². The van der Waals surface area contributed by atoms with Crippen LogP contribution in [-0.4, -0.2) is 22.2 Å². The number of hydrogen-bond donors (Lipinski definition) is 1. The van der Waals surface area contributed by atoms with Gasteiger partial charge >= 0.3 is 0 Å². The minimum absolute atomic E-state index is 0.0107. The van der Waals surface area contributed by atoms with Crippen molar-refractivity contribution in [1.29, 1.82) is 0 Å². The molecule has 28 heavy (non-hydrogen) atoms. The number of carbonyl (C=O) groups excluding carboxylic acids is 1. The zero-order chi connectivity index (χ0) is 19.5. The van der Waals surface area contributed by atoms with Gasteiger partial charge in [-0.15, -0.1) is 0 Å². The van der Waals surface area contributed by atoms with E-state index in [0.717, 1.165) is 27.9 Å². The number of nitrogens with zero attached hydrogens (tertiary/aromatic N) is 2. The molecule has 5 heteroatoms. The van der Waals surface area contributed by atoms with Gasteiger partial charge in [-0.25, -0.2) is 4.68 Å². The average molecular weight is 373 g/mol. The summed E-state index contributed by atoms with van der Waals surface area (Å²) in [6.07, 6.45) is 4.63. The van der Waals surface area contributed by atoms with Crippen LogP contribution in [0.4, 0.5) is 0 Å². The standard InChI is InChI=1S/C23H23N3O2/c1-16-12-21-18(15-28-22(21)13-17(16)2)14-23(27)24-10-8-19-9-11-26(25-19)20-6-4-3-5-7-20/h3-7,9,11-13,15H,8,10,14H2,1-2H3,(H,24,27). The number of aryl methyl sites for hydroxylation is 2. The number of amides is 1. The van der Waals surface area contributed by atoms with E-state index in [-0.39, 0.29) is 5.91 Å². The summed E-state index contributed by atoms with van der Waals surface area (Å²) < 4.78 is 7.46. The van der Waals surface area contributed by atoms with Gasteiger partial charge in [0.15, 0.2) is 0 Å². The van der Waals surface area contributed by atoms with E-state index in [1.165, 1.54) is 11.1 Å². The first-order valence-electron chi connectivity index (χ1n) is 9.44. The van der Waals surface area contributed by atoms with E-state index in [1.807, 2.05) is 53.3 Å². The van der Waals surface area contributed by atoms with Crippen molar-refractivity contribution < 1.29 is 9.21 Å². The van der Waals surface area contributed by atoms with Crippen molar-refractivity contribution in [3.63, 3.8) is 0 Å². The molecule has 0 bridgehead atoms. The molecule has 0 aliphatic heterocycles. The summed E-state index contributed by atoms with van der Waals surface area (Å²) in [6.45, 7) is 4.68. The predicted octanol–water partition coefficient (Wildman–Crippen LogP) is 4.14. The second-order valence-electron chi connectivity index (χ2n) is 7.06. The smallest absolute Gasteiger partial charge is 0.224 e. The molecule has 4 rings (SSSR count). The van der Waals surface area contributed by atoms with Crippen LogP contribution in [0.5, 0.6) is 0 Å². The van der Waals surface area contributed by atoms with Crippen molar-refractivity contribution in [2.24, 2.45) is 0 Å². The van der Waals surface area contributed by atoms with Gasteiger partial charge in [-0.3, -0.25) is 4.79 Å². The summed E-state index contributed by atoms with van der Waals surface area (Å²) in [5.74, 6) is -0.0107. The molecule has 0 fully saturated rings. The van der Waals surface area contributed by atoms with Crippen molar-refractivity contribution in [2.75, 3.05) is 6.54 Å². The number of fused-ring (bicyclic) bond motifs is 1. The Kier molecular flexibility index (Phi) is 4.98. The Morgan fingerprint density at radius 2 is 1.89 bits per heavy atom. The third-order valence-electron chi connectivity index (χ3n) is 4.99. The van der Waals surface area contributed by atoms with Crippen molar-refractivity contribution in [3.05, 3.63) is 83.4 Å². The molecule has 2 aromatic heterocycles. The van der Waals surface area contributed by atoms with E-state index in [0.29, 0.717) is 19.4 Å². The van der Waals surface area contributed by atoms with Crippen LogP contribution in [0.3, 0.4) is 0 Å². The molecule has 0 unspecified atom stereocenters. The van der Waals surface area contributed by atoms with Gasteiger partial charge in [0.25, 0.3) is 0 Å². The molecule has 2 aromatic carbocycles. The molecule has 5 nitrogen and oxygen atoms in total. The van der Waals surface area contributed by atoms with Gasteiger partial charge in [-0.1, -0.05) is 18.2 Å². The van der Waals surface area contributed by atoms with Gasteiger partial charge in [-0.2, -0.15) is 5.10 Å². The number of aromatic nitrogens is 2. The van der Waals surface area contributed by atoms with E-state index < -0.39 is 0 Å². The SMILES string of the molecule is Cc1cc2occ(CC(=O)NCCc3ccn(-c4ccccc4)n3)c2cc1C. The Morgan fingerprint density at radius 3 is 2.71 bits per heavy atom. The molecule has 0 atom stereocenters. The number of rotatable bonds is 6. The topological polar surface area (TPSA) is 60.1 Å². The number of benzene rings is 2. The lowest BCUT2D eigenvalue weighted by Crippen LogP contribution is -2.27. The molecule has 1 N–H and O–H groups in total. The van der Waals surface area contributed by atoms with E-state index in [4.69, 9.17) is 4.42 Å². The lowest BCUT2D eigenvalue weighted by Gasteiger charge is -2.04. The number of nitrogens with one attached hydrogen (secondary N) is 1. The minimum Gasteiger partial charge on any atom is -0.464 e. The molecule has 2 heterocycles. The molecule has 0 saturated carbocycles. The zero-order valence-electron chi connectivity index (χ0n) is 16.1. The van der Waals surface area contributed by atoms with Gasteiger partial charge in [0.1, 0.15) is 5.58 Å². The fourth-order valence-corrected chi connectivity index (χ4v) is 3.26. The maximum Gasteiger partial charge on any atom is 0.224 e. The second kappa shape index (κ2) is 7.72. The quantitative estimate of drug-likeness (QED) is 0.553. The van der Waals surface area contributed by atoms with Gasteiger partial charge < -0.3 is 9.73 Å². The summed E-state index contributed by atoms with van der Waals surface area (Å²) in [7, 11) is 0. The molecule has 0 aliphatic rings. The normalized spacial score (nSPS) is 11.1. The van der Waals surface area contributed by atoms with Gasteiger partial charge in [0.05, 0.1) is 24.1 Å². The fourth-order valence-electron chi connectivity index (χ4n) is 3.26. The third-order valence-corrected chi connectivity index (χ3v) is 4.99. The Morgan fingerprint density at radius 1 is 1.11 bits per heavy atom. The lowest BCUT2D eigenvalue weighted by molar-refractivity contribution is -0.120. The van der Waals surface area contributed by atoms with Crippen LogP contribution in [0.25, 0.3) is 16.7 Å². The maximum absolute atomic E-state index is 12.3. The highest BCUT2D eigenvalue weighted by Gasteiger charge is 2.12. The first kappa shape index (κ1) is 18.0. The molecular weight excluding hydrogens is 350 g/mol. The average Bonchev–Trinajstić information content (AvgIpc) is 3.31. The summed E-state index contributed by atoms with van der Waals surface area (Å²) in [5, 5.41) is 8.56. The van der Waals surface area contributed by atoms with E-state index >= 15 is 0 Å². The van der Waals surface area contributed by atoms with Crippen LogP contribution in [0.15, 0.2) is 65.4 Å². The van der Waals surface area contributed by atoms with Gasteiger partial charge in [0, 0.05) is 30.1 Å². The zero-order valence-corrected chi connectivity index (χ0v) is 16.1. The maximum atomic E-state index is 12.3. The van der Waals surface area contributed by atoms with Crippen molar-refractivity contribution >= 4 is 16.9 Å². The molecule has 0 saturated heterocycles. The summed E-state index contributed by atoms with van der Waals surface area (Å²) in [5.41, 5.74) is 6.11. The second-order valence-corrected chi connectivity index (χ2v) is 7.06. The molecule has 0 radical (unpaired) electrons. The van der Waals surface area contributed by atoms with Crippen LogP contribution < -0.4 is 5.32 Å². The highest BCUT2D eigenvalue weighted by Crippen LogP contribution is 2.25. The number of furan rings is 1. The highest BCUT2D eigenvalue weighted by molar-refractivity contribution is 5.88. The fraction of sp³-hybridized carbons (Fsp3) is 0.217. The Hall–Kier alpha value is -3.34. The first-order chi connectivity index (χ1) is 13.6. The Balaban J connectivity index is 1.33. The van der Waals surface area contributed by atoms with Crippen LogP contribution in [0.2, 0.25) is 0 Å². The third kappa shape index (κ3) is 3.83. The molecule has 0 aliphatic carbocycles. The van der Waals surface area contributed by atoms with Crippen molar-refractivity contribution in [2.45, 2.75) is 26.7 Å². The van der Waals surface area contributed by atoms with Crippen molar-refractivity contribution in [3.8, 4) is 5.69 Å². The molecule has 142 valence electrons. The van der Waals surface area contributed by atoms with Crippen LogP contribution in [0.1, 0.15) is 22.4 Å². The number of carbonyl (C=O) groups is 1. The van der Waals surface area contributed by atoms with Gasteiger partial charge in [-0.05, 0) is 55.3 Å². The molecule has 4 aromatic rings. The predicted molar refractivity (Wildman–Crippen MR) is 110 cm³/mol. The minimum atomic E-state index is -0.0107. The monoisotopic (exact) mass is 373 g/mol. The van der Waals surface area contributed by atoms with E-state index in [2.05, 4.69) is 30.3 Å². The molecule has 1 amide bonds. The molecule has 0 spiro atoms. The van der Waals surface area contributed by atoms with Crippen LogP contribution in [-0.2, 0) is 17.6 Å². The lowest BCUT2D eigenvalue weighted by atomic mass is 10.0. The largest absolute Gasteiger partial charge is 0.464 e. The summed E-state index contributed by atoms with van der Waals surface area (Å²) in [4.78, 5) is 12.3. The Bertz CT molecular complexity index is 1110. The van der Waals surface area contributed by atoms with Gasteiger partial charge in [0.2, 0.25) is 5.91 Å². The number of hydrogen-bond acceptors (Lipinski definition) is 3. The van der Waals surface area contributed by atoms with E-state index in [1.54, 1.807) is 6.26 Å². The molecular formula is C23H23N3O2. The van der Waals surface area contributed by atoms with Crippen LogP contribution in [0, 0.1) is 13.8 Å². The van der Waals surface area contributed by atoms with E-state index in [9.17, 15) is 4.79 Å². The first-order valence-corrected chi connectivity index (χ1v) is 9.44.